The van der Waals surface area contributed by atoms with E-state index in [4.69, 9.17) is 9.98 Å². The Kier molecular flexibility index (Phi) is 8.26. The van der Waals surface area contributed by atoms with E-state index in [2.05, 4.69) is 113 Å². The monoisotopic (exact) mass is 438 g/mol. The molecule has 0 saturated carbocycles. The molecule has 2 nitrogen and oxygen atoms in total. The van der Waals surface area contributed by atoms with Gasteiger partial charge in [0, 0.05) is 11.9 Å². The molecule has 1 heterocycles. The van der Waals surface area contributed by atoms with Crippen LogP contribution in [0.1, 0.15) is 111 Å². The highest BCUT2D eigenvalue weighted by atomic mass is 31.1. The summed E-state index contributed by atoms with van der Waals surface area (Å²) >= 11 is 0. The molecule has 170 valence electrons. The predicted molar refractivity (Wildman–Crippen MR) is 141 cm³/mol. The minimum absolute atomic E-state index is 0.229. The average Bonchev–Trinajstić information content (AvgIpc) is 2.64. The third-order valence-electron chi connectivity index (χ3n) is 5.74. The highest BCUT2D eigenvalue weighted by Gasteiger charge is 2.34. The maximum absolute atomic E-state index is 5.15. The highest BCUT2D eigenvalue weighted by molar-refractivity contribution is 7.60. The lowest BCUT2D eigenvalue weighted by Gasteiger charge is -2.41. The molecule has 0 radical (unpaired) electrons. The molecule has 1 aromatic heterocycles. The Morgan fingerprint density at radius 3 is 1.77 bits per heavy atom. The van der Waals surface area contributed by atoms with Crippen molar-refractivity contribution in [3.63, 3.8) is 0 Å². The minimum Gasteiger partial charge on any atom is -0.251 e. The number of rotatable bonds is 6. The van der Waals surface area contributed by atoms with Gasteiger partial charge in [-0.05, 0) is 52.3 Å². The van der Waals surface area contributed by atoms with E-state index < -0.39 is 0 Å². The first-order chi connectivity index (χ1) is 14.2. The Hall–Kier alpha value is -1.53. The fraction of sp³-hybridized carbons (Fsp3) is 0.571. The molecular weight excluding hydrogens is 395 g/mol. The Bertz CT molecular complexity index is 871. The van der Waals surface area contributed by atoms with Crippen LogP contribution < -0.4 is 0 Å². The third kappa shape index (κ3) is 6.72. The van der Waals surface area contributed by atoms with Crippen molar-refractivity contribution in [1.82, 2.24) is 4.98 Å². The molecule has 2 rings (SSSR count). The van der Waals surface area contributed by atoms with E-state index >= 15 is 0 Å². The molecule has 2 aromatic rings. The number of nitrogens with zero attached hydrogens (tertiary/aromatic N) is 2. The molecule has 0 aliphatic heterocycles. The smallest absolute Gasteiger partial charge is 0.0845 e. The van der Waals surface area contributed by atoms with Crippen molar-refractivity contribution in [3.8, 4) is 0 Å². The van der Waals surface area contributed by atoms with Gasteiger partial charge in [-0.3, -0.25) is 9.98 Å². The van der Waals surface area contributed by atoms with E-state index in [-0.39, 0.29) is 18.2 Å². The van der Waals surface area contributed by atoms with Gasteiger partial charge in [-0.25, -0.2) is 0 Å². The maximum atomic E-state index is 5.15. The molecule has 0 atom stereocenters. The normalized spacial score (nSPS) is 13.5. The summed E-state index contributed by atoms with van der Waals surface area (Å²) in [6.07, 6.45) is 1.04. The van der Waals surface area contributed by atoms with Crippen LogP contribution >= 0.6 is 7.92 Å². The standard InChI is InChI=1S/C28H43N2P/c1-19(2)23-15-13-16-24(20(3)4)26(23)29-21(5)25-17-12-14-22(30-25)18-31(27(6,7)8)28(9,10)11/h12-17,19-20H,18H2,1-11H3. The van der Waals surface area contributed by atoms with Gasteiger partial charge in [0.15, 0.2) is 0 Å². The summed E-state index contributed by atoms with van der Waals surface area (Å²) in [4.78, 5) is 10.2. The molecule has 0 spiro atoms. The maximum Gasteiger partial charge on any atom is 0.0845 e. The van der Waals surface area contributed by atoms with Gasteiger partial charge in [-0.15, -0.1) is 0 Å². The fourth-order valence-electron chi connectivity index (χ4n) is 4.28. The summed E-state index contributed by atoms with van der Waals surface area (Å²) in [6.45, 7) is 25.3. The number of hydrogen-bond donors (Lipinski definition) is 0. The average molecular weight is 439 g/mol. The van der Waals surface area contributed by atoms with Crippen LogP contribution in [0.2, 0.25) is 0 Å². The van der Waals surface area contributed by atoms with E-state index in [1.165, 1.54) is 16.8 Å². The van der Waals surface area contributed by atoms with Crippen LogP contribution in [0.4, 0.5) is 5.69 Å². The van der Waals surface area contributed by atoms with Crippen LogP contribution in [0.25, 0.3) is 0 Å². The van der Waals surface area contributed by atoms with Crippen molar-refractivity contribution in [2.45, 2.75) is 104 Å². The molecule has 3 heteroatoms. The number of para-hydroxylation sites is 1. The van der Waals surface area contributed by atoms with Gasteiger partial charge in [-0.2, -0.15) is 0 Å². The molecule has 0 bridgehead atoms. The van der Waals surface area contributed by atoms with Gasteiger partial charge >= 0.3 is 0 Å². The van der Waals surface area contributed by atoms with Crippen LogP contribution in [0.15, 0.2) is 41.4 Å². The van der Waals surface area contributed by atoms with Crippen LogP contribution in [0.5, 0.6) is 0 Å². The quantitative estimate of drug-likeness (QED) is 0.326. The number of pyridine rings is 1. The topological polar surface area (TPSA) is 25.2 Å². The SMILES string of the molecule is CC(=Nc1c(C(C)C)cccc1C(C)C)c1cccc(CP(C(C)(C)C)C(C)(C)C)n1. The van der Waals surface area contributed by atoms with Crippen molar-refractivity contribution in [2.24, 2.45) is 4.99 Å². The molecule has 0 fully saturated rings. The second kappa shape index (κ2) is 9.95. The fourth-order valence-corrected chi connectivity index (χ4v) is 7.74. The zero-order chi connectivity index (χ0) is 23.6. The van der Waals surface area contributed by atoms with Gasteiger partial charge < -0.3 is 0 Å². The predicted octanol–water partition coefficient (Wildman–Crippen LogP) is 9.05. The molecule has 1 aromatic carbocycles. The molecular formula is C28H43N2P. The van der Waals surface area contributed by atoms with Gasteiger partial charge in [0.1, 0.15) is 0 Å². The molecule has 0 aliphatic carbocycles. The van der Waals surface area contributed by atoms with Gasteiger partial charge in [-0.1, -0.05) is 101 Å². The third-order valence-corrected chi connectivity index (χ3v) is 9.62. The number of aliphatic imine (C=N–C) groups is 1. The van der Waals surface area contributed by atoms with E-state index in [9.17, 15) is 0 Å². The molecule has 0 unspecified atom stereocenters. The summed E-state index contributed by atoms with van der Waals surface area (Å²) in [5.41, 5.74) is 6.92. The van der Waals surface area contributed by atoms with Crippen LogP contribution in [-0.2, 0) is 6.16 Å². The van der Waals surface area contributed by atoms with Crippen LogP contribution in [-0.4, -0.2) is 21.0 Å². The lowest BCUT2D eigenvalue weighted by molar-refractivity contribution is 0.701. The minimum atomic E-state index is -0.229. The van der Waals surface area contributed by atoms with E-state index in [1.54, 1.807) is 0 Å². The van der Waals surface area contributed by atoms with Gasteiger partial charge in [0.25, 0.3) is 0 Å². The summed E-state index contributed by atoms with van der Waals surface area (Å²) in [7, 11) is -0.229. The molecule has 31 heavy (non-hydrogen) atoms. The van der Waals surface area contributed by atoms with Gasteiger partial charge in [0.2, 0.25) is 0 Å². The zero-order valence-corrected chi connectivity index (χ0v) is 22.6. The van der Waals surface area contributed by atoms with Crippen molar-refractivity contribution in [1.29, 1.82) is 0 Å². The number of aromatic nitrogens is 1. The van der Waals surface area contributed by atoms with Crippen molar-refractivity contribution < 1.29 is 0 Å². The summed E-state index contributed by atoms with van der Waals surface area (Å²) in [6, 6.07) is 13.0. The molecule has 0 aliphatic rings. The first-order valence-electron chi connectivity index (χ1n) is 11.6. The van der Waals surface area contributed by atoms with Crippen LogP contribution in [0.3, 0.4) is 0 Å². The largest absolute Gasteiger partial charge is 0.251 e. The van der Waals surface area contributed by atoms with Crippen molar-refractivity contribution in [3.05, 3.63) is 58.9 Å². The first-order valence-corrected chi connectivity index (χ1v) is 13.2. The number of hydrogen-bond acceptors (Lipinski definition) is 2. The zero-order valence-electron chi connectivity index (χ0n) is 21.7. The Morgan fingerprint density at radius 1 is 0.839 bits per heavy atom. The first kappa shape index (κ1) is 25.7. The Balaban J connectivity index is 2.47. The Morgan fingerprint density at radius 2 is 1.32 bits per heavy atom. The summed E-state index contributed by atoms with van der Waals surface area (Å²) in [5, 5.41) is 0.577. The molecule has 0 amide bonds. The highest BCUT2D eigenvalue weighted by Crippen LogP contribution is 2.61. The second-order valence-corrected chi connectivity index (χ2v) is 15.1. The van der Waals surface area contributed by atoms with E-state index in [0.717, 1.165) is 23.3 Å². The molecule has 0 saturated heterocycles. The lowest BCUT2D eigenvalue weighted by atomic mass is 9.93. The Labute approximate surface area is 192 Å². The van der Waals surface area contributed by atoms with Crippen molar-refractivity contribution >= 4 is 19.3 Å². The lowest BCUT2D eigenvalue weighted by Crippen LogP contribution is -2.26. The van der Waals surface area contributed by atoms with Crippen LogP contribution in [0, 0.1) is 0 Å². The van der Waals surface area contributed by atoms with E-state index in [0.29, 0.717) is 11.8 Å². The summed E-state index contributed by atoms with van der Waals surface area (Å²) < 4.78 is 0. The second-order valence-electron chi connectivity index (χ2n) is 11.2. The van der Waals surface area contributed by atoms with E-state index in [1.807, 2.05) is 0 Å². The van der Waals surface area contributed by atoms with Crippen molar-refractivity contribution in [2.75, 3.05) is 0 Å². The summed E-state index contributed by atoms with van der Waals surface area (Å²) in [5.74, 6) is 0.873. The van der Waals surface area contributed by atoms with Gasteiger partial charge in [0.05, 0.1) is 17.1 Å². The molecule has 0 N–H and O–H groups in total. The number of benzene rings is 1.